The van der Waals surface area contributed by atoms with E-state index in [1.807, 2.05) is 13.0 Å². The quantitative estimate of drug-likeness (QED) is 0.611. The van der Waals surface area contributed by atoms with Gasteiger partial charge < -0.3 is 15.4 Å². The summed E-state index contributed by atoms with van der Waals surface area (Å²) in [6.45, 7) is 3.63. The van der Waals surface area contributed by atoms with Crippen LogP contribution in [0.1, 0.15) is 18.4 Å². The Morgan fingerprint density at radius 3 is 2.84 bits per heavy atom. The van der Waals surface area contributed by atoms with Gasteiger partial charge in [0.1, 0.15) is 29.8 Å². The number of aryl methyl sites for hydroxylation is 1. The molecule has 0 amide bonds. The molecule has 4 rings (SSSR count). The van der Waals surface area contributed by atoms with Gasteiger partial charge in [-0.1, -0.05) is 0 Å². The molecule has 164 valence electrons. The minimum atomic E-state index is -2.29. The fourth-order valence-corrected chi connectivity index (χ4v) is 4.31. The van der Waals surface area contributed by atoms with Crippen LogP contribution in [0.2, 0.25) is 0 Å². The average molecular weight is 444 g/mol. The normalized spacial score (nSPS) is 16.8. The Morgan fingerprint density at radius 1 is 1.26 bits per heavy atom. The second kappa shape index (κ2) is 8.76. The predicted octanol–water partition coefficient (Wildman–Crippen LogP) is 4.31. The molecule has 31 heavy (non-hydrogen) atoms. The number of nitrogens with zero attached hydrogens (tertiary/aromatic N) is 3. The molecule has 1 fully saturated rings. The highest BCUT2D eigenvalue weighted by Gasteiger charge is 2.18. The number of hydrogen-bond donors (Lipinski definition) is 2. The van der Waals surface area contributed by atoms with Crippen molar-refractivity contribution in [2.75, 3.05) is 30.9 Å². The molecule has 1 saturated heterocycles. The van der Waals surface area contributed by atoms with Gasteiger partial charge in [-0.15, -0.1) is 0 Å². The molecule has 1 aliphatic heterocycles. The highest BCUT2D eigenvalue weighted by molar-refractivity contribution is 7.92. The minimum Gasteiger partial charge on any atom is -0.487 e. The predicted molar refractivity (Wildman–Crippen MR) is 123 cm³/mol. The van der Waals surface area contributed by atoms with E-state index in [9.17, 15) is 8.60 Å². The molecule has 2 N–H and O–H groups in total. The number of benzene rings is 2. The molecule has 2 aromatic carbocycles. The maximum absolute atomic E-state index is 14.0. The second-order valence-electron chi connectivity index (χ2n) is 8.00. The molecule has 1 aliphatic rings. The number of anilines is 2. The largest absolute Gasteiger partial charge is 0.487 e. The van der Waals surface area contributed by atoms with Crippen molar-refractivity contribution in [1.29, 1.82) is 0 Å². The van der Waals surface area contributed by atoms with Gasteiger partial charge in [0.2, 0.25) is 0 Å². The van der Waals surface area contributed by atoms with E-state index in [2.05, 4.69) is 25.0 Å². The Morgan fingerprint density at radius 2 is 2.10 bits per heavy atom. The van der Waals surface area contributed by atoms with Crippen molar-refractivity contribution in [3.8, 4) is 5.75 Å². The van der Waals surface area contributed by atoms with E-state index in [4.69, 9.17) is 4.74 Å². The Bertz CT molecular complexity index is 1230. The molecule has 0 saturated carbocycles. The molecule has 1 atom stereocenters. The topological polar surface area (TPSA) is 88.5 Å². The molecule has 3 aromatic rings. The van der Waals surface area contributed by atoms with Gasteiger partial charge >= 0.3 is 0 Å². The van der Waals surface area contributed by atoms with E-state index >= 15 is 0 Å². The number of rotatable bonds is 5. The molecule has 9 heteroatoms. The third-order valence-electron chi connectivity index (χ3n) is 4.99. The molecule has 0 bridgehead atoms. The lowest BCUT2D eigenvalue weighted by Gasteiger charge is -2.25. The van der Waals surface area contributed by atoms with Crippen molar-refractivity contribution >= 4 is 37.8 Å². The van der Waals surface area contributed by atoms with Crippen molar-refractivity contribution in [3.63, 3.8) is 0 Å². The first-order valence-electron chi connectivity index (χ1n) is 10.1. The first-order valence-corrected chi connectivity index (χ1v) is 12.5. The highest BCUT2D eigenvalue weighted by atomic mass is 32.2. The van der Waals surface area contributed by atoms with E-state index in [-0.39, 0.29) is 11.9 Å². The van der Waals surface area contributed by atoms with Crippen molar-refractivity contribution in [2.24, 2.45) is 4.36 Å². The first-order chi connectivity index (χ1) is 14.8. The van der Waals surface area contributed by atoms with Crippen molar-refractivity contribution in [2.45, 2.75) is 25.9 Å². The first kappa shape index (κ1) is 21.5. The lowest BCUT2D eigenvalue weighted by atomic mass is 10.1. The van der Waals surface area contributed by atoms with E-state index in [0.717, 1.165) is 36.9 Å². The summed E-state index contributed by atoms with van der Waals surface area (Å²) in [4.78, 5) is 8.77. The summed E-state index contributed by atoms with van der Waals surface area (Å²) in [7, 11) is -2.29. The van der Waals surface area contributed by atoms with Crippen LogP contribution in [0.25, 0.3) is 10.9 Å². The summed E-state index contributed by atoms with van der Waals surface area (Å²) in [6, 6.07) is 8.08. The van der Waals surface area contributed by atoms with Gasteiger partial charge in [0.05, 0.1) is 16.9 Å². The number of ether oxygens (including phenoxy) is 1. The molecule has 0 spiro atoms. The third-order valence-corrected chi connectivity index (χ3v) is 5.64. The zero-order chi connectivity index (χ0) is 22.0. The van der Waals surface area contributed by atoms with Crippen LogP contribution in [0.15, 0.2) is 41.0 Å². The van der Waals surface area contributed by atoms with Crippen LogP contribution in [-0.2, 0) is 9.73 Å². The molecule has 2 heterocycles. The maximum Gasteiger partial charge on any atom is 0.146 e. The van der Waals surface area contributed by atoms with Gasteiger partial charge in [-0.2, -0.15) is 4.36 Å². The number of nitrogens with one attached hydrogen (secondary N) is 2. The lowest BCUT2D eigenvalue weighted by Crippen LogP contribution is -2.37. The number of hydrogen-bond acceptors (Lipinski definition) is 7. The summed E-state index contributed by atoms with van der Waals surface area (Å²) in [6.07, 6.45) is 6.57. The Balaban J connectivity index is 1.71. The van der Waals surface area contributed by atoms with Crippen LogP contribution >= 0.6 is 0 Å². The number of fused-ring (bicyclic) bond motifs is 1. The highest BCUT2D eigenvalue weighted by Crippen LogP contribution is 2.34. The summed E-state index contributed by atoms with van der Waals surface area (Å²) in [5.41, 5.74) is 2.82. The van der Waals surface area contributed by atoms with Gasteiger partial charge in [-0.25, -0.2) is 18.6 Å². The number of piperidine rings is 1. The Kier molecular flexibility index (Phi) is 6.06. The Hall–Kier alpha value is -2.78. The van der Waals surface area contributed by atoms with Crippen molar-refractivity contribution in [1.82, 2.24) is 15.3 Å². The van der Waals surface area contributed by atoms with Gasteiger partial charge in [0.25, 0.3) is 0 Å². The van der Waals surface area contributed by atoms with E-state index in [1.54, 1.807) is 24.6 Å². The zero-order valence-electron chi connectivity index (χ0n) is 17.8. The van der Waals surface area contributed by atoms with Crippen LogP contribution in [-0.4, -0.2) is 45.9 Å². The van der Waals surface area contributed by atoms with Gasteiger partial charge in [-0.3, -0.25) is 0 Å². The number of halogens is 1. The summed E-state index contributed by atoms with van der Waals surface area (Å²) in [5, 5.41) is 7.41. The maximum atomic E-state index is 14.0. The fourth-order valence-electron chi connectivity index (χ4n) is 3.70. The number of aromatic nitrogens is 2. The van der Waals surface area contributed by atoms with Crippen LogP contribution in [0.5, 0.6) is 5.75 Å². The minimum absolute atomic E-state index is 0.0119. The van der Waals surface area contributed by atoms with Gasteiger partial charge in [-0.05, 0) is 56.1 Å². The summed E-state index contributed by atoms with van der Waals surface area (Å²) >= 11 is 0. The van der Waals surface area contributed by atoms with Crippen LogP contribution < -0.4 is 15.4 Å². The third kappa shape index (κ3) is 5.29. The van der Waals surface area contributed by atoms with Gasteiger partial charge in [0.15, 0.2) is 0 Å². The van der Waals surface area contributed by atoms with E-state index in [1.165, 1.54) is 18.5 Å². The van der Waals surface area contributed by atoms with Crippen molar-refractivity contribution < 1.29 is 13.3 Å². The smallest absolute Gasteiger partial charge is 0.146 e. The molecular weight excluding hydrogens is 417 g/mol. The zero-order valence-corrected chi connectivity index (χ0v) is 18.6. The standard InChI is InChI=1S/C22H26FN5O2S/c1-14-9-16(28-31(2,3)29)11-19-21(14)22(26-13-25-19)27-18-7-6-15(23)10-20(18)30-17-5-4-8-24-12-17/h6-7,9-11,13,17,24H,4-5,8,12H2,1-3H3,(H,25,26,27). The molecule has 1 unspecified atom stereocenters. The molecule has 1 aromatic heterocycles. The van der Waals surface area contributed by atoms with Crippen molar-refractivity contribution in [3.05, 3.63) is 48.0 Å². The molecular formula is C22H26FN5O2S. The van der Waals surface area contributed by atoms with Crippen LogP contribution in [0.3, 0.4) is 0 Å². The summed E-state index contributed by atoms with van der Waals surface area (Å²) < 4.78 is 36.4. The lowest BCUT2D eigenvalue weighted by molar-refractivity contribution is 0.167. The SMILES string of the molecule is Cc1cc(N=S(C)(C)=O)cc2ncnc(Nc3ccc(F)cc3OC3CCCNC3)c12. The fraction of sp³-hybridized carbons (Fsp3) is 0.364. The van der Waals surface area contributed by atoms with E-state index in [0.29, 0.717) is 28.5 Å². The van der Waals surface area contributed by atoms with E-state index < -0.39 is 9.73 Å². The average Bonchev–Trinajstić information content (AvgIpc) is 2.69. The summed E-state index contributed by atoms with van der Waals surface area (Å²) in [5.74, 6) is 0.671. The molecule has 0 radical (unpaired) electrons. The molecule has 7 nitrogen and oxygen atoms in total. The van der Waals surface area contributed by atoms with Crippen LogP contribution in [0, 0.1) is 12.7 Å². The van der Waals surface area contributed by atoms with Crippen LogP contribution in [0.4, 0.5) is 21.6 Å². The Labute approximate surface area is 181 Å². The molecule has 0 aliphatic carbocycles. The second-order valence-corrected chi connectivity index (χ2v) is 10.5. The van der Waals surface area contributed by atoms with Gasteiger partial charge in [0, 0.05) is 40.2 Å². The monoisotopic (exact) mass is 443 g/mol.